The van der Waals surface area contributed by atoms with Crippen molar-refractivity contribution in [3.8, 4) is 0 Å². The second-order valence-corrected chi connectivity index (χ2v) is 7.69. The van der Waals surface area contributed by atoms with E-state index < -0.39 is 5.54 Å². The number of carbonyl (C=O) groups excluding carboxylic acids is 1. The zero-order valence-electron chi connectivity index (χ0n) is 15.2. The first kappa shape index (κ1) is 16.4. The van der Waals surface area contributed by atoms with Gasteiger partial charge in [-0.2, -0.15) is 5.10 Å². The molecule has 0 radical (unpaired) electrons. The number of nitrogens with one attached hydrogen (secondary N) is 1. The van der Waals surface area contributed by atoms with Crippen molar-refractivity contribution in [2.24, 2.45) is 0 Å². The van der Waals surface area contributed by atoms with Crippen molar-refractivity contribution in [3.05, 3.63) is 12.5 Å². The van der Waals surface area contributed by atoms with Gasteiger partial charge in [0.05, 0.1) is 6.20 Å². The van der Waals surface area contributed by atoms with Gasteiger partial charge in [-0.3, -0.25) is 4.79 Å². The molecule has 25 heavy (non-hydrogen) atoms. The molecule has 0 saturated carbocycles. The third kappa shape index (κ3) is 2.90. The van der Waals surface area contributed by atoms with Crippen LogP contribution >= 0.6 is 0 Å². The first-order valence-electron chi connectivity index (χ1n) is 9.38. The molecule has 4 heterocycles. The maximum Gasteiger partial charge on any atom is 0.320 e. The fourth-order valence-electron chi connectivity index (χ4n) is 3.87. The summed E-state index contributed by atoms with van der Waals surface area (Å²) >= 11 is 0. The van der Waals surface area contributed by atoms with Crippen molar-refractivity contribution in [1.82, 2.24) is 19.7 Å². The van der Waals surface area contributed by atoms with Crippen LogP contribution in [-0.2, 0) is 16.9 Å². The Morgan fingerprint density at radius 1 is 1.20 bits per heavy atom. The highest BCUT2D eigenvalue weighted by molar-refractivity contribution is 6.02. The van der Waals surface area contributed by atoms with Gasteiger partial charge < -0.3 is 4.90 Å². The molecule has 134 valence electrons. The Labute approximate surface area is 148 Å². The van der Waals surface area contributed by atoms with Crippen LogP contribution in [0, 0.1) is 0 Å². The summed E-state index contributed by atoms with van der Waals surface area (Å²) in [6.45, 7) is 8.22. The number of likely N-dealkylation sites (tertiary alicyclic amines) is 1. The molecule has 2 aromatic heterocycles. The molecule has 0 atom stereocenters. The summed E-state index contributed by atoms with van der Waals surface area (Å²) in [6, 6.07) is 0. The highest BCUT2D eigenvalue weighted by atomic mass is 16.2. The highest BCUT2D eigenvalue weighted by Gasteiger charge is 2.45. The second-order valence-electron chi connectivity index (χ2n) is 7.69. The zero-order chi connectivity index (χ0) is 17.4. The summed E-state index contributed by atoms with van der Waals surface area (Å²) in [5, 5.41) is 8.41. The first-order valence-corrected chi connectivity index (χ1v) is 9.38. The van der Waals surface area contributed by atoms with Crippen molar-refractivity contribution < 1.29 is 9.36 Å². The van der Waals surface area contributed by atoms with E-state index in [0.29, 0.717) is 0 Å². The number of nitrogens with zero attached hydrogens (tertiary/aromatic N) is 5. The lowest BCUT2D eigenvalue weighted by Gasteiger charge is -2.19. The van der Waals surface area contributed by atoms with E-state index in [0.717, 1.165) is 36.4 Å². The third-order valence-electron chi connectivity index (χ3n) is 5.54. The largest absolute Gasteiger partial charge is 0.320 e. The lowest BCUT2D eigenvalue weighted by molar-refractivity contribution is -0.723. The van der Waals surface area contributed by atoms with Gasteiger partial charge >= 0.3 is 5.91 Å². The number of carbonyl (C=O) groups is 1. The zero-order valence-corrected chi connectivity index (χ0v) is 15.2. The summed E-state index contributed by atoms with van der Waals surface area (Å²) in [5.74, 6) is 0.800. The lowest BCUT2D eigenvalue weighted by Crippen LogP contribution is -2.52. The predicted octanol–water partition coefficient (Wildman–Crippen LogP) is 1.67. The Bertz CT molecular complexity index is 788. The van der Waals surface area contributed by atoms with Crippen LogP contribution in [0.1, 0.15) is 46.0 Å². The quantitative estimate of drug-likeness (QED) is 0.858. The minimum atomic E-state index is -0.606. The first-order chi connectivity index (χ1) is 12.1. The Kier molecular flexibility index (Phi) is 4.19. The van der Waals surface area contributed by atoms with E-state index in [2.05, 4.69) is 20.3 Å². The number of amides is 1. The van der Waals surface area contributed by atoms with E-state index in [9.17, 15) is 4.79 Å². The van der Waals surface area contributed by atoms with Gasteiger partial charge in [0, 0.05) is 6.54 Å². The molecule has 0 bridgehead atoms. The van der Waals surface area contributed by atoms with Crippen LogP contribution in [0.4, 0.5) is 5.82 Å². The van der Waals surface area contributed by atoms with Crippen molar-refractivity contribution in [3.63, 3.8) is 0 Å². The van der Waals surface area contributed by atoms with Crippen LogP contribution in [0.2, 0.25) is 0 Å². The number of hydrogen-bond donors (Lipinski definition) is 1. The molecule has 1 amide bonds. The number of hydrogen-bond acceptors (Lipinski definition) is 4. The molecule has 1 saturated heterocycles. The van der Waals surface area contributed by atoms with E-state index >= 15 is 0 Å². The van der Waals surface area contributed by atoms with Crippen LogP contribution in [-0.4, -0.2) is 45.2 Å². The fourth-order valence-corrected chi connectivity index (χ4v) is 3.87. The molecule has 2 aromatic rings. The van der Waals surface area contributed by atoms with Crippen molar-refractivity contribution in [2.45, 2.75) is 58.0 Å². The maximum absolute atomic E-state index is 12.2. The summed E-state index contributed by atoms with van der Waals surface area (Å²) in [7, 11) is 0. The predicted molar refractivity (Wildman–Crippen MR) is 95.2 cm³/mol. The van der Waals surface area contributed by atoms with Crippen molar-refractivity contribution in [1.29, 1.82) is 0 Å². The van der Waals surface area contributed by atoms with E-state index in [1.807, 2.05) is 29.3 Å². The smallest absolute Gasteiger partial charge is 0.303 e. The van der Waals surface area contributed by atoms with Gasteiger partial charge in [0.25, 0.3) is 0 Å². The summed E-state index contributed by atoms with van der Waals surface area (Å²) in [4.78, 5) is 19.3. The number of aromatic nitrogens is 4. The number of rotatable bonds is 4. The maximum atomic E-state index is 12.2. The van der Waals surface area contributed by atoms with Gasteiger partial charge in [-0.1, -0.05) is 17.8 Å². The van der Waals surface area contributed by atoms with Gasteiger partial charge in [-0.05, 0) is 52.7 Å². The normalized spacial score (nSPS) is 20.5. The van der Waals surface area contributed by atoms with E-state index in [4.69, 9.17) is 0 Å². The van der Waals surface area contributed by atoms with Gasteiger partial charge in [0.15, 0.2) is 5.54 Å². The van der Waals surface area contributed by atoms with Crippen LogP contribution in [0.5, 0.6) is 0 Å². The SMILES string of the molecule is CC1(C)C(=O)Nc2c3cnn(CCCN4CCCCCC4)c3nc[n+]21. The molecule has 2 aliphatic heterocycles. The number of anilines is 1. The Morgan fingerprint density at radius 2 is 1.96 bits per heavy atom. The summed E-state index contributed by atoms with van der Waals surface area (Å²) in [6.07, 6.45) is 10.0. The topological polar surface area (TPSA) is 66.9 Å². The average Bonchev–Trinajstić information content (AvgIpc) is 2.96. The van der Waals surface area contributed by atoms with Crippen molar-refractivity contribution in [2.75, 3.05) is 25.0 Å². The minimum absolute atomic E-state index is 0.00397. The Balaban J connectivity index is 1.49. The molecule has 0 spiro atoms. The molecular formula is C18H27N6O+. The molecule has 1 N–H and O–H groups in total. The summed E-state index contributed by atoms with van der Waals surface area (Å²) < 4.78 is 3.87. The molecule has 0 unspecified atom stereocenters. The number of fused-ring (bicyclic) bond motifs is 3. The molecule has 4 rings (SSSR count). The van der Waals surface area contributed by atoms with Crippen LogP contribution < -0.4 is 9.88 Å². The Hall–Kier alpha value is -2.02. The fraction of sp³-hybridized carbons (Fsp3) is 0.667. The van der Waals surface area contributed by atoms with Gasteiger partial charge in [-0.15, -0.1) is 0 Å². The molecule has 2 aliphatic rings. The average molecular weight is 343 g/mol. The third-order valence-corrected chi connectivity index (χ3v) is 5.54. The van der Waals surface area contributed by atoms with Crippen molar-refractivity contribution >= 4 is 22.8 Å². The molecule has 0 aliphatic carbocycles. The molecule has 7 nitrogen and oxygen atoms in total. The molecule has 1 fully saturated rings. The minimum Gasteiger partial charge on any atom is -0.303 e. The monoisotopic (exact) mass is 343 g/mol. The van der Waals surface area contributed by atoms with E-state index in [-0.39, 0.29) is 5.91 Å². The van der Waals surface area contributed by atoms with Crippen LogP contribution in [0.15, 0.2) is 12.5 Å². The highest BCUT2D eigenvalue weighted by Crippen LogP contribution is 2.26. The molecule has 7 heteroatoms. The van der Waals surface area contributed by atoms with E-state index in [1.165, 1.54) is 38.8 Å². The number of aryl methyl sites for hydroxylation is 1. The van der Waals surface area contributed by atoms with Gasteiger partial charge in [-0.25, -0.2) is 14.6 Å². The standard InChI is InChI=1S/C18H26N6O/c1-18(2)17(25)21-16-14-12-20-24(15(14)19-13-23(16)18)11-7-10-22-8-5-3-4-6-9-22/h12-13H,3-11H2,1-2H3/p+1. The molecular weight excluding hydrogens is 316 g/mol. The second kappa shape index (κ2) is 6.37. The lowest BCUT2D eigenvalue weighted by atomic mass is 10.1. The van der Waals surface area contributed by atoms with Crippen LogP contribution in [0.25, 0.3) is 11.0 Å². The van der Waals surface area contributed by atoms with Crippen LogP contribution in [0.3, 0.4) is 0 Å². The van der Waals surface area contributed by atoms with Gasteiger partial charge in [0.2, 0.25) is 17.8 Å². The summed E-state index contributed by atoms with van der Waals surface area (Å²) in [5.41, 5.74) is 0.242. The molecule has 0 aromatic carbocycles. The van der Waals surface area contributed by atoms with E-state index in [1.54, 1.807) is 6.33 Å². The van der Waals surface area contributed by atoms with Gasteiger partial charge in [0.1, 0.15) is 5.39 Å². The Morgan fingerprint density at radius 3 is 2.72 bits per heavy atom.